The van der Waals surface area contributed by atoms with Crippen molar-refractivity contribution in [2.24, 2.45) is 0 Å². The highest BCUT2D eigenvalue weighted by Crippen LogP contribution is 2.20. The van der Waals surface area contributed by atoms with Crippen molar-refractivity contribution >= 4 is 5.95 Å². The topological polar surface area (TPSA) is 73.3 Å². The van der Waals surface area contributed by atoms with Gasteiger partial charge in [0.1, 0.15) is 0 Å². The Balaban J connectivity index is 1.45. The van der Waals surface area contributed by atoms with Crippen LogP contribution in [0, 0.1) is 0 Å². The first-order chi connectivity index (χ1) is 9.73. The minimum absolute atomic E-state index is 0.435. The highest BCUT2D eigenvalue weighted by molar-refractivity contribution is 5.24. The van der Waals surface area contributed by atoms with Gasteiger partial charge in [-0.3, -0.25) is 0 Å². The Bertz CT molecular complexity index is 413. The van der Waals surface area contributed by atoms with Crippen molar-refractivity contribution < 1.29 is 5.11 Å². The number of aromatic nitrogens is 2. The summed E-state index contributed by atoms with van der Waals surface area (Å²) < 4.78 is 0. The molecule has 1 unspecified atom stereocenters. The Hall–Kier alpha value is -1.24. The zero-order valence-electron chi connectivity index (χ0n) is 11.8. The fraction of sp³-hybridized carbons (Fsp3) is 0.714. The molecule has 2 saturated heterocycles. The Morgan fingerprint density at radius 1 is 1.35 bits per heavy atom. The summed E-state index contributed by atoms with van der Waals surface area (Å²) in [6.07, 6.45) is 6.52. The Labute approximate surface area is 119 Å². The van der Waals surface area contributed by atoms with E-state index >= 15 is 0 Å². The largest absolute Gasteiger partial charge is 0.387 e. The van der Waals surface area contributed by atoms with Crippen molar-refractivity contribution in [1.82, 2.24) is 20.2 Å². The summed E-state index contributed by atoms with van der Waals surface area (Å²) in [5.74, 6) is 0.713. The van der Waals surface area contributed by atoms with E-state index in [1.54, 1.807) is 12.4 Å². The van der Waals surface area contributed by atoms with Crippen LogP contribution in [0.15, 0.2) is 18.5 Å². The fourth-order valence-electron chi connectivity index (χ4n) is 3.07. The molecule has 0 spiro atoms. The molecule has 1 aromatic heterocycles. The number of nitrogens with one attached hydrogen (secondary N) is 2. The molecule has 3 heterocycles. The van der Waals surface area contributed by atoms with Crippen LogP contribution in [-0.4, -0.2) is 64.3 Å². The van der Waals surface area contributed by atoms with Gasteiger partial charge in [0.15, 0.2) is 0 Å². The van der Waals surface area contributed by atoms with Crippen LogP contribution in [-0.2, 0) is 0 Å². The van der Waals surface area contributed by atoms with E-state index in [0.717, 1.165) is 52.0 Å². The molecule has 110 valence electrons. The maximum atomic E-state index is 10.4. The number of aliphatic hydroxyl groups is 1. The molecule has 6 heteroatoms. The van der Waals surface area contributed by atoms with Gasteiger partial charge < -0.3 is 20.6 Å². The van der Waals surface area contributed by atoms with Crippen molar-refractivity contribution in [3.05, 3.63) is 18.5 Å². The highest BCUT2D eigenvalue weighted by Gasteiger charge is 2.34. The van der Waals surface area contributed by atoms with Gasteiger partial charge in [-0.15, -0.1) is 0 Å². The van der Waals surface area contributed by atoms with Gasteiger partial charge >= 0.3 is 0 Å². The molecule has 2 fully saturated rings. The molecule has 0 bridgehead atoms. The first kappa shape index (κ1) is 13.7. The van der Waals surface area contributed by atoms with Gasteiger partial charge in [0.25, 0.3) is 0 Å². The molecule has 0 aliphatic carbocycles. The first-order valence-corrected chi connectivity index (χ1v) is 7.43. The number of β-amino-alcohol motifs (C(OH)–C–C–N with tert-alkyl or cyclic N) is 1. The molecular formula is C14H23N5O. The first-order valence-electron chi connectivity index (χ1n) is 7.43. The van der Waals surface area contributed by atoms with Crippen molar-refractivity contribution in [3.8, 4) is 0 Å². The molecule has 0 saturated carbocycles. The van der Waals surface area contributed by atoms with Crippen molar-refractivity contribution in [2.75, 3.05) is 38.0 Å². The average Bonchev–Trinajstić information content (AvgIpc) is 2.89. The van der Waals surface area contributed by atoms with Gasteiger partial charge in [-0.1, -0.05) is 0 Å². The number of rotatable bonds is 4. The molecular weight excluding hydrogens is 254 g/mol. The minimum atomic E-state index is -0.525. The zero-order chi connectivity index (χ0) is 13.8. The molecule has 3 rings (SSSR count). The van der Waals surface area contributed by atoms with Crippen molar-refractivity contribution in [3.63, 3.8) is 0 Å². The monoisotopic (exact) mass is 277 g/mol. The molecule has 2 aliphatic heterocycles. The number of hydrogen-bond acceptors (Lipinski definition) is 6. The molecule has 2 aliphatic rings. The van der Waals surface area contributed by atoms with E-state index in [-0.39, 0.29) is 0 Å². The Morgan fingerprint density at radius 2 is 2.10 bits per heavy atom. The molecule has 0 aromatic carbocycles. The molecule has 6 nitrogen and oxygen atoms in total. The van der Waals surface area contributed by atoms with Crippen LogP contribution in [0.3, 0.4) is 0 Å². The quantitative estimate of drug-likeness (QED) is 0.724. The molecule has 20 heavy (non-hydrogen) atoms. The van der Waals surface area contributed by atoms with Gasteiger partial charge in [0.05, 0.1) is 5.60 Å². The summed E-state index contributed by atoms with van der Waals surface area (Å²) in [5, 5.41) is 17.0. The second-order valence-corrected chi connectivity index (χ2v) is 5.92. The van der Waals surface area contributed by atoms with Crippen LogP contribution in [0.2, 0.25) is 0 Å². The van der Waals surface area contributed by atoms with Crippen LogP contribution in [0.4, 0.5) is 5.95 Å². The predicted molar refractivity (Wildman–Crippen MR) is 77.6 cm³/mol. The van der Waals surface area contributed by atoms with Gasteiger partial charge in [0.2, 0.25) is 5.95 Å². The SMILES string of the molecule is OC1(CN2CCC(Nc3ncccn3)CC2)CCNC1. The zero-order valence-corrected chi connectivity index (χ0v) is 11.8. The second kappa shape index (κ2) is 6.03. The van der Waals surface area contributed by atoms with E-state index in [2.05, 4.69) is 25.5 Å². The summed E-state index contributed by atoms with van der Waals surface area (Å²) in [4.78, 5) is 10.8. The molecule has 0 radical (unpaired) electrons. The van der Waals surface area contributed by atoms with E-state index in [1.165, 1.54) is 0 Å². The summed E-state index contributed by atoms with van der Waals surface area (Å²) in [7, 11) is 0. The van der Waals surface area contributed by atoms with E-state index in [1.807, 2.05) is 6.07 Å². The van der Waals surface area contributed by atoms with Crippen LogP contribution in [0.1, 0.15) is 19.3 Å². The normalized spacial score (nSPS) is 28.6. The lowest BCUT2D eigenvalue weighted by Gasteiger charge is -2.36. The van der Waals surface area contributed by atoms with E-state index < -0.39 is 5.60 Å². The highest BCUT2D eigenvalue weighted by atomic mass is 16.3. The summed E-state index contributed by atoms with van der Waals surface area (Å²) in [6.45, 7) is 4.48. The van der Waals surface area contributed by atoms with Crippen LogP contribution < -0.4 is 10.6 Å². The average molecular weight is 277 g/mol. The van der Waals surface area contributed by atoms with E-state index in [9.17, 15) is 5.11 Å². The third-order valence-corrected chi connectivity index (χ3v) is 4.23. The minimum Gasteiger partial charge on any atom is -0.387 e. The third-order valence-electron chi connectivity index (χ3n) is 4.23. The number of hydrogen-bond donors (Lipinski definition) is 3. The van der Waals surface area contributed by atoms with Crippen LogP contribution >= 0.6 is 0 Å². The van der Waals surface area contributed by atoms with Crippen molar-refractivity contribution in [2.45, 2.75) is 30.9 Å². The summed E-state index contributed by atoms with van der Waals surface area (Å²) in [6, 6.07) is 2.26. The van der Waals surface area contributed by atoms with Crippen LogP contribution in [0.5, 0.6) is 0 Å². The molecule has 0 amide bonds. The number of piperidine rings is 1. The van der Waals surface area contributed by atoms with Gasteiger partial charge in [-0.2, -0.15) is 0 Å². The Kier molecular flexibility index (Phi) is 4.14. The maximum Gasteiger partial charge on any atom is 0.222 e. The fourth-order valence-corrected chi connectivity index (χ4v) is 3.07. The third kappa shape index (κ3) is 3.45. The molecule has 3 N–H and O–H groups in total. The lowest BCUT2D eigenvalue weighted by atomic mass is 9.99. The maximum absolute atomic E-state index is 10.4. The Morgan fingerprint density at radius 3 is 2.75 bits per heavy atom. The standard InChI is InChI=1S/C14H23N5O/c20-14(4-7-15-10-14)11-19-8-2-12(3-9-19)18-13-16-5-1-6-17-13/h1,5-6,12,15,20H,2-4,7-11H2,(H,16,17,18). The number of likely N-dealkylation sites (tertiary alicyclic amines) is 1. The second-order valence-electron chi connectivity index (χ2n) is 5.92. The van der Waals surface area contributed by atoms with Crippen LogP contribution in [0.25, 0.3) is 0 Å². The lowest BCUT2D eigenvalue weighted by molar-refractivity contribution is 0.0146. The van der Waals surface area contributed by atoms with E-state index in [0.29, 0.717) is 12.0 Å². The van der Waals surface area contributed by atoms with Crippen molar-refractivity contribution in [1.29, 1.82) is 0 Å². The predicted octanol–water partition coefficient (Wildman–Crippen LogP) is 0.0773. The summed E-state index contributed by atoms with van der Waals surface area (Å²) in [5.41, 5.74) is -0.525. The molecule has 1 atom stereocenters. The summed E-state index contributed by atoms with van der Waals surface area (Å²) >= 11 is 0. The molecule has 1 aromatic rings. The van der Waals surface area contributed by atoms with Gasteiger partial charge in [0, 0.05) is 44.6 Å². The lowest BCUT2D eigenvalue weighted by Crippen LogP contribution is -2.48. The van der Waals surface area contributed by atoms with Gasteiger partial charge in [-0.05, 0) is 31.9 Å². The number of anilines is 1. The van der Waals surface area contributed by atoms with Gasteiger partial charge in [-0.25, -0.2) is 9.97 Å². The van der Waals surface area contributed by atoms with E-state index in [4.69, 9.17) is 0 Å². The number of nitrogens with zero attached hydrogens (tertiary/aromatic N) is 3. The smallest absolute Gasteiger partial charge is 0.222 e.